The molecule has 0 saturated carbocycles. The lowest BCUT2D eigenvalue weighted by atomic mass is 10.2. The summed E-state index contributed by atoms with van der Waals surface area (Å²) in [4.78, 5) is 0. The molecule has 2 unspecified atom stereocenters. The standard InChI is InChI=1S/C11H16O2.C10H15NO2.4CH4/c1-2-6-10(5-1)9-13-11-7-3-4-8-12-11;1-4-8-12-10(5-1)13-9-11-6-2-3-7-11;;;;/h1-2,5-6,10-11H,3-4,7-9H2;2-3,6-7,10H,1,4-5,8-9H2;4*1H4. The molecule has 1 aliphatic carbocycles. The van der Waals surface area contributed by atoms with Crippen LogP contribution in [0.15, 0.2) is 48.8 Å². The van der Waals surface area contributed by atoms with Gasteiger partial charge in [0, 0.05) is 31.5 Å². The van der Waals surface area contributed by atoms with Gasteiger partial charge in [-0.1, -0.05) is 54.0 Å². The van der Waals surface area contributed by atoms with Crippen LogP contribution in [-0.4, -0.2) is 37.0 Å². The van der Waals surface area contributed by atoms with Gasteiger partial charge >= 0.3 is 0 Å². The molecule has 1 aromatic rings. The van der Waals surface area contributed by atoms with Crippen molar-refractivity contribution in [3.63, 3.8) is 0 Å². The van der Waals surface area contributed by atoms with Crippen molar-refractivity contribution in [1.82, 2.24) is 4.57 Å². The van der Waals surface area contributed by atoms with Crippen LogP contribution in [0.4, 0.5) is 0 Å². The van der Waals surface area contributed by atoms with Crippen molar-refractivity contribution >= 4 is 0 Å². The van der Waals surface area contributed by atoms with Crippen molar-refractivity contribution in [1.29, 1.82) is 0 Å². The molecular formula is C25H47NO4. The number of allylic oxidation sites excluding steroid dienone is 2. The molecule has 2 saturated heterocycles. The minimum Gasteiger partial charge on any atom is -0.353 e. The third-order valence-corrected chi connectivity index (χ3v) is 4.65. The van der Waals surface area contributed by atoms with Crippen molar-refractivity contribution in [2.45, 2.75) is 87.5 Å². The second-order valence-electron chi connectivity index (χ2n) is 6.85. The summed E-state index contributed by atoms with van der Waals surface area (Å²) in [5.74, 6) is 0.463. The van der Waals surface area contributed by atoms with Crippen LogP contribution in [0.25, 0.3) is 0 Å². The van der Waals surface area contributed by atoms with Gasteiger partial charge in [0.2, 0.25) is 0 Å². The Morgan fingerprint density at radius 3 is 1.77 bits per heavy atom. The fourth-order valence-electron chi connectivity index (χ4n) is 3.12. The van der Waals surface area contributed by atoms with E-state index >= 15 is 0 Å². The smallest absolute Gasteiger partial charge is 0.159 e. The lowest BCUT2D eigenvalue weighted by molar-refractivity contribution is -0.180. The largest absolute Gasteiger partial charge is 0.353 e. The van der Waals surface area contributed by atoms with E-state index in [-0.39, 0.29) is 42.3 Å². The molecule has 0 N–H and O–H groups in total. The zero-order valence-corrected chi connectivity index (χ0v) is 15.5. The summed E-state index contributed by atoms with van der Waals surface area (Å²) in [6.07, 6.45) is 19.4. The van der Waals surface area contributed by atoms with Crippen molar-refractivity contribution in [2.75, 3.05) is 19.8 Å². The zero-order chi connectivity index (χ0) is 17.9. The highest BCUT2D eigenvalue weighted by Crippen LogP contribution is 2.17. The summed E-state index contributed by atoms with van der Waals surface area (Å²) < 4.78 is 24.1. The molecule has 2 fully saturated rings. The van der Waals surface area contributed by atoms with E-state index in [1.54, 1.807) is 0 Å². The number of hydrogen-bond donors (Lipinski definition) is 0. The zero-order valence-electron chi connectivity index (χ0n) is 15.5. The third kappa shape index (κ3) is 11.7. The van der Waals surface area contributed by atoms with Crippen molar-refractivity contribution in [2.24, 2.45) is 5.92 Å². The SMILES string of the molecule is C.C.C.C.C1=CC(COC2CCCCO2)C=C1.c1ccn(COC2CCCCO2)c1. The Hall–Kier alpha value is -1.40. The fraction of sp³-hybridized carbons (Fsp3) is 0.680. The van der Waals surface area contributed by atoms with Crippen LogP contribution >= 0.6 is 0 Å². The van der Waals surface area contributed by atoms with E-state index in [9.17, 15) is 0 Å². The lowest BCUT2D eigenvalue weighted by Crippen LogP contribution is -2.24. The molecule has 2 atom stereocenters. The van der Waals surface area contributed by atoms with Crippen LogP contribution in [0.3, 0.4) is 0 Å². The Balaban J connectivity index is 0. The Labute approximate surface area is 186 Å². The molecule has 0 aromatic carbocycles. The first-order valence-electron chi connectivity index (χ1n) is 9.82. The Bertz CT molecular complexity index is 517. The van der Waals surface area contributed by atoms with Crippen molar-refractivity contribution < 1.29 is 18.9 Å². The van der Waals surface area contributed by atoms with Gasteiger partial charge in [0.05, 0.1) is 6.61 Å². The summed E-state index contributed by atoms with van der Waals surface area (Å²) in [5, 5.41) is 0. The second kappa shape index (κ2) is 18.4. The summed E-state index contributed by atoms with van der Waals surface area (Å²) >= 11 is 0. The second-order valence-corrected chi connectivity index (χ2v) is 6.85. The van der Waals surface area contributed by atoms with Crippen LogP contribution in [0, 0.1) is 5.92 Å². The maximum atomic E-state index is 5.64. The Morgan fingerprint density at radius 2 is 1.27 bits per heavy atom. The molecule has 3 aliphatic rings. The normalized spacial score (nSPS) is 22.4. The van der Waals surface area contributed by atoms with Gasteiger partial charge in [-0.05, 0) is 50.7 Å². The average Bonchev–Trinajstić information content (AvgIpc) is 3.41. The molecule has 176 valence electrons. The highest BCUT2D eigenvalue weighted by molar-refractivity contribution is 5.17. The quantitative estimate of drug-likeness (QED) is 0.502. The summed E-state index contributed by atoms with van der Waals surface area (Å²) in [6.45, 7) is 3.06. The van der Waals surface area contributed by atoms with E-state index in [1.807, 2.05) is 29.1 Å². The van der Waals surface area contributed by atoms with Gasteiger partial charge in [-0.25, -0.2) is 0 Å². The minimum absolute atomic E-state index is 0. The fourth-order valence-corrected chi connectivity index (χ4v) is 3.12. The monoisotopic (exact) mass is 425 g/mol. The van der Waals surface area contributed by atoms with Gasteiger partial charge in [0.1, 0.15) is 6.73 Å². The van der Waals surface area contributed by atoms with E-state index in [1.165, 1.54) is 25.7 Å². The lowest BCUT2D eigenvalue weighted by Gasteiger charge is -2.23. The average molecular weight is 426 g/mol. The van der Waals surface area contributed by atoms with Gasteiger partial charge < -0.3 is 23.5 Å². The molecule has 0 spiro atoms. The number of nitrogens with zero attached hydrogens (tertiary/aromatic N) is 1. The summed E-state index contributed by atoms with van der Waals surface area (Å²) in [7, 11) is 0. The molecule has 30 heavy (non-hydrogen) atoms. The highest BCUT2D eigenvalue weighted by Gasteiger charge is 2.15. The molecule has 0 bridgehead atoms. The van der Waals surface area contributed by atoms with Crippen LogP contribution in [0.2, 0.25) is 0 Å². The Morgan fingerprint density at radius 1 is 0.733 bits per heavy atom. The van der Waals surface area contributed by atoms with Gasteiger partial charge in [-0.3, -0.25) is 0 Å². The van der Waals surface area contributed by atoms with E-state index in [0.717, 1.165) is 32.7 Å². The highest BCUT2D eigenvalue weighted by atomic mass is 16.7. The van der Waals surface area contributed by atoms with Crippen LogP contribution in [0.1, 0.15) is 68.2 Å². The van der Waals surface area contributed by atoms with Gasteiger partial charge in [-0.2, -0.15) is 0 Å². The predicted molar refractivity (Wildman–Crippen MR) is 127 cm³/mol. The first-order chi connectivity index (χ1) is 12.9. The van der Waals surface area contributed by atoms with Gasteiger partial charge in [0.15, 0.2) is 12.6 Å². The van der Waals surface area contributed by atoms with Crippen molar-refractivity contribution in [3.8, 4) is 0 Å². The summed E-state index contributed by atoms with van der Waals surface area (Å²) in [6, 6.07) is 3.98. The molecule has 0 radical (unpaired) electrons. The van der Waals surface area contributed by atoms with E-state index in [4.69, 9.17) is 18.9 Å². The summed E-state index contributed by atoms with van der Waals surface area (Å²) in [5.41, 5.74) is 0. The number of aromatic nitrogens is 1. The molecule has 2 aliphatic heterocycles. The molecule has 5 heteroatoms. The first-order valence-corrected chi connectivity index (χ1v) is 9.82. The third-order valence-electron chi connectivity index (χ3n) is 4.65. The molecule has 4 rings (SSSR count). The molecular weight excluding hydrogens is 378 g/mol. The number of rotatable bonds is 6. The molecule has 0 amide bonds. The predicted octanol–water partition coefficient (Wildman–Crippen LogP) is 6.81. The van der Waals surface area contributed by atoms with Gasteiger partial charge in [0.25, 0.3) is 0 Å². The maximum absolute atomic E-state index is 5.64. The van der Waals surface area contributed by atoms with E-state index in [0.29, 0.717) is 12.6 Å². The number of ether oxygens (including phenoxy) is 4. The van der Waals surface area contributed by atoms with Crippen molar-refractivity contribution in [3.05, 3.63) is 48.8 Å². The van der Waals surface area contributed by atoms with E-state index in [2.05, 4.69) is 24.3 Å². The topological polar surface area (TPSA) is 41.9 Å². The molecule has 1 aromatic heterocycles. The van der Waals surface area contributed by atoms with Crippen LogP contribution < -0.4 is 0 Å². The van der Waals surface area contributed by atoms with Gasteiger partial charge in [-0.15, -0.1) is 0 Å². The number of hydrogen-bond acceptors (Lipinski definition) is 4. The van der Waals surface area contributed by atoms with E-state index < -0.39 is 0 Å². The first kappa shape index (κ1) is 30.8. The van der Waals surface area contributed by atoms with Crippen LogP contribution in [0.5, 0.6) is 0 Å². The molecule has 5 nitrogen and oxygen atoms in total. The maximum Gasteiger partial charge on any atom is 0.159 e. The minimum atomic E-state index is 0. The Kier molecular flexibility index (Phi) is 18.9. The molecule has 3 heterocycles. The van der Waals surface area contributed by atoms with Crippen LogP contribution in [-0.2, 0) is 25.7 Å².